The van der Waals surface area contributed by atoms with Crippen molar-refractivity contribution >= 4 is 44.0 Å². The fourth-order valence-electron chi connectivity index (χ4n) is 9.07. The van der Waals surface area contributed by atoms with Gasteiger partial charge in [0.15, 0.2) is 0 Å². The molecular weight excluding hydrogens is 841 g/mol. The Morgan fingerprint density at radius 2 is 0.900 bits per heavy atom. The second-order valence-electron chi connectivity index (χ2n) is 18.4. The van der Waals surface area contributed by atoms with E-state index in [1.165, 1.54) is 148 Å². The van der Waals surface area contributed by atoms with Gasteiger partial charge in [-0.3, -0.25) is 0 Å². The molecule has 0 saturated heterocycles. The minimum atomic E-state index is 1.20. The monoisotopic (exact) mass is 921 g/mol. The lowest BCUT2D eigenvalue weighted by atomic mass is 9.84. The van der Waals surface area contributed by atoms with Gasteiger partial charge in [0.05, 0.1) is 0 Å². The summed E-state index contributed by atoms with van der Waals surface area (Å²) in [4.78, 5) is 0. The molecule has 0 heterocycles. The number of unbranched alkanes of at least 4 members (excludes halogenated alkanes) is 1. The van der Waals surface area contributed by atoms with E-state index in [2.05, 4.69) is 264 Å². The van der Waals surface area contributed by atoms with Gasteiger partial charge in [-0.05, 0) is 166 Å². The number of hydrogen-bond acceptors (Lipinski definition) is 0. The molecule has 0 aliphatic heterocycles. The smallest absolute Gasteiger partial charge is 0.00141 e. The molecule has 0 spiro atoms. The van der Waals surface area contributed by atoms with Gasteiger partial charge in [-0.15, -0.1) is 0 Å². The fraction of sp³-hybridized carbons (Fsp3) is 0.257. The van der Waals surface area contributed by atoms with Crippen molar-refractivity contribution in [2.45, 2.75) is 122 Å². The maximum absolute atomic E-state index is 2.40. The van der Waals surface area contributed by atoms with E-state index >= 15 is 0 Å². The summed E-state index contributed by atoms with van der Waals surface area (Å²) in [6, 6.07) is 59.5. The number of benzene rings is 9. The Morgan fingerprint density at radius 1 is 0.443 bits per heavy atom. The summed E-state index contributed by atoms with van der Waals surface area (Å²) in [7, 11) is 0. The Balaban J connectivity index is 0.000000204. The van der Waals surface area contributed by atoms with E-state index in [4.69, 9.17) is 0 Å². The molecule has 9 aromatic carbocycles. The number of aryl methyl sites for hydroxylation is 5. The normalized spacial score (nSPS) is 11.7. The summed E-state index contributed by atoms with van der Waals surface area (Å²) >= 11 is 0. The standard InChI is InChI=1S/C33H26.C14H16.C14H14.C4H10.C3H8.C2H6/c1-4-7-23-12-13-24-14-15-28-30(25-10-5-8-21(2)18-25)20-31(26-11-6-9-22(3)19-26)29-17-16-27(23)32(24)33(28)29;2*1-11-7-3-5-9-13(11)14-10-6-4-8-12(14)2;1-3-4-2;1-3-2;1-2/h4-20H,1-3H3;3,5-7,9-10H,4,8H2,1-2H3;3-10H,1-2H3;3-4H2,1-2H3;3H2,1-2H3;1-2H3/b7-4+;;;;;. The van der Waals surface area contributed by atoms with Crippen molar-refractivity contribution in [2.24, 2.45) is 0 Å². The van der Waals surface area contributed by atoms with Crippen LogP contribution >= 0.6 is 0 Å². The summed E-state index contributed by atoms with van der Waals surface area (Å²) in [5.74, 6) is 0. The van der Waals surface area contributed by atoms with Gasteiger partial charge in [0.2, 0.25) is 0 Å². The average molecular weight is 921 g/mol. The average Bonchev–Trinajstić information content (AvgIpc) is 3.38. The zero-order valence-corrected chi connectivity index (χ0v) is 44.9. The number of rotatable bonds is 6. The minimum absolute atomic E-state index is 1.20. The number of allylic oxidation sites excluding steroid dienone is 5. The zero-order valence-electron chi connectivity index (χ0n) is 44.9. The molecule has 0 fully saturated rings. The summed E-state index contributed by atoms with van der Waals surface area (Å²) in [6.45, 7) is 27.8. The molecule has 1 aliphatic carbocycles. The van der Waals surface area contributed by atoms with Crippen LogP contribution < -0.4 is 0 Å². The predicted octanol–water partition coefficient (Wildman–Crippen LogP) is 21.9. The van der Waals surface area contributed by atoms with Crippen LogP contribution in [0.5, 0.6) is 0 Å². The Hall–Kier alpha value is -6.76. The first-order valence-electron chi connectivity index (χ1n) is 26.1. The van der Waals surface area contributed by atoms with Crippen LogP contribution in [0.15, 0.2) is 188 Å². The first-order valence-corrected chi connectivity index (χ1v) is 26.1. The van der Waals surface area contributed by atoms with Crippen LogP contribution in [0, 0.1) is 34.6 Å². The minimum Gasteiger partial charge on any atom is -0.0870 e. The van der Waals surface area contributed by atoms with E-state index in [0.29, 0.717) is 0 Å². The fourth-order valence-corrected chi connectivity index (χ4v) is 9.07. The van der Waals surface area contributed by atoms with E-state index in [0.717, 1.165) is 0 Å². The van der Waals surface area contributed by atoms with Crippen LogP contribution in [0.3, 0.4) is 0 Å². The van der Waals surface area contributed by atoms with Crippen molar-refractivity contribution in [3.63, 3.8) is 0 Å². The molecule has 0 N–H and O–H groups in total. The van der Waals surface area contributed by atoms with Crippen molar-refractivity contribution in [1.82, 2.24) is 0 Å². The molecule has 10 rings (SSSR count). The van der Waals surface area contributed by atoms with E-state index < -0.39 is 0 Å². The van der Waals surface area contributed by atoms with Crippen LogP contribution in [0.4, 0.5) is 0 Å². The Morgan fingerprint density at radius 3 is 1.36 bits per heavy atom. The van der Waals surface area contributed by atoms with Gasteiger partial charge in [-0.1, -0.05) is 260 Å². The molecule has 360 valence electrons. The highest BCUT2D eigenvalue weighted by Crippen LogP contribution is 2.45. The van der Waals surface area contributed by atoms with E-state index in [9.17, 15) is 0 Å². The molecule has 70 heavy (non-hydrogen) atoms. The van der Waals surface area contributed by atoms with Gasteiger partial charge in [0.25, 0.3) is 0 Å². The Kier molecular flexibility index (Phi) is 21.2. The second-order valence-corrected chi connectivity index (χ2v) is 18.4. The lowest BCUT2D eigenvalue weighted by Gasteiger charge is -2.19. The van der Waals surface area contributed by atoms with Crippen LogP contribution in [-0.4, -0.2) is 0 Å². The van der Waals surface area contributed by atoms with Crippen molar-refractivity contribution in [3.8, 4) is 33.4 Å². The largest absolute Gasteiger partial charge is 0.0870 e. The molecule has 0 atom stereocenters. The van der Waals surface area contributed by atoms with Gasteiger partial charge in [-0.2, -0.15) is 0 Å². The molecule has 0 heteroatoms. The lowest BCUT2D eigenvalue weighted by molar-refractivity contribution is 0.886. The summed E-state index contributed by atoms with van der Waals surface area (Å²) in [6.07, 6.45) is 15.2. The van der Waals surface area contributed by atoms with E-state index in [1.54, 1.807) is 0 Å². The van der Waals surface area contributed by atoms with Crippen molar-refractivity contribution in [1.29, 1.82) is 0 Å². The maximum Gasteiger partial charge on any atom is -0.00141 e. The van der Waals surface area contributed by atoms with Gasteiger partial charge < -0.3 is 0 Å². The summed E-state index contributed by atoms with van der Waals surface area (Å²) < 4.78 is 0. The molecule has 0 unspecified atom stereocenters. The van der Waals surface area contributed by atoms with E-state index in [1.807, 2.05) is 13.8 Å². The third-order valence-corrected chi connectivity index (χ3v) is 12.8. The quantitative estimate of drug-likeness (QED) is 0.146. The molecule has 1 aliphatic rings. The predicted molar refractivity (Wildman–Crippen MR) is 317 cm³/mol. The zero-order chi connectivity index (χ0) is 50.6. The highest BCUT2D eigenvalue weighted by molar-refractivity contribution is 6.29. The first kappa shape index (κ1) is 54.2. The van der Waals surface area contributed by atoms with Gasteiger partial charge in [-0.25, -0.2) is 0 Å². The van der Waals surface area contributed by atoms with Crippen LogP contribution in [0.2, 0.25) is 0 Å². The Bertz CT molecular complexity index is 3030. The lowest BCUT2D eigenvalue weighted by Crippen LogP contribution is -1.93. The summed E-state index contributed by atoms with van der Waals surface area (Å²) in [5.41, 5.74) is 20.0. The molecule has 0 bridgehead atoms. The third kappa shape index (κ3) is 13.5. The van der Waals surface area contributed by atoms with Crippen molar-refractivity contribution < 1.29 is 0 Å². The topological polar surface area (TPSA) is 0 Å². The van der Waals surface area contributed by atoms with E-state index in [-0.39, 0.29) is 0 Å². The Labute approximate surface area is 423 Å². The molecule has 0 aromatic heterocycles. The summed E-state index contributed by atoms with van der Waals surface area (Å²) in [5, 5.41) is 7.99. The van der Waals surface area contributed by atoms with Gasteiger partial charge >= 0.3 is 0 Å². The first-order chi connectivity index (χ1) is 34.0. The highest BCUT2D eigenvalue weighted by Gasteiger charge is 2.18. The second kappa shape index (κ2) is 27.4. The molecule has 0 saturated carbocycles. The van der Waals surface area contributed by atoms with Gasteiger partial charge in [0.1, 0.15) is 0 Å². The molecule has 0 radical (unpaired) electrons. The van der Waals surface area contributed by atoms with Crippen molar-refractivity contribution in [2.75, 3.05) is 0 Å². The van der Waals surface area contributed by atoms with Crippen LogP contribution in [0.1, 0.15) is 126 Å². The van der Waals surface area contributed by atoms with Crippen LogP contribution in [-0.2, 0) is 0 Å². The third-order valence-electron chi connectivity index (χ3n) is 12.8. The van der Waals surface area contributed by atoms with Gasteiger partial charge in [0, 0.05) is 0 Å². The number of hydrogen-bond donors (Lipinski definition) is 0. The SMILES string of the molecule is C/C=C/c1ccc2ccc3c(-c4cccc(C)c4)cc(-c4cccc(C)c4)c4ccc1c2c34.CC.CC1=C(c2ccccc2C)C=CCC1.CCC.CCCC.Cc1ccccc1-c1ccccc1C. The van der Waals surface area contributed by atoms with Crippen LogP contribution in [0.25, 0.3) is 77.3 Å². The molecule has 9 aromatic rings. The maximum atomic E-state index is 2.40. The van der Waals surface area contributed by atoms with Crippen molar-refractivity contribution in [3.05, 3.63) is 227 Å². The molecular formula is C70H80. The molecule has 0 nitrogen and oxygen atoms in total. The molecule has 0 amide bonds. The highest BCUT2D eigenvalue weighted by atomic mass is 14.2.